The highest BCUT2D eigenvalue weighted by Gasteiger charge is 2.41. The van der Waals surface area contributed by atoms with Crippen molar-refractivity contribution >= 4 is 5.96 Å². The molecule has 3 atom stereocenters. The number of fused-ring (bicyclic) bond motifs is 2. The van der Waals surface area contributed by atoms with Gasteiger partial charge >= 0.3 is 0 Å². The molecule has 2 N–H and O–H groups in total. The molecule has 2 fully saturated rings. The maximum absolute atomic E-state index is 5.86. The molecule has 0 radical (unpaired) electrons. The van der Waals surface area contributed by atoms with Crippen LogP contribution in [0.25, 0.3) is 0 Å². The molecule has 0 aromatic rings. The maximum atomic E-state index is 5.86. The minimum Gasteiger partial charge on any atom is -0.373 e. The minimum absolute atomic E-state index is 0.412. The summed E-state index contributed by atoms with van der Waals surface area (Å²) in [6, 6.07) is 0.465. The number of unbranched alkanes of at least 4 members (excludes halogenated alkanes) is 2. The summed E-state index contributed by atoms with van der Waals surface area (Å²) in [5.41, 5.74) is 0. The van der Waals surface area contributed by atoms with E-state index in [2.05, 4.69) is 29.5 Å². The molecule has 0 saturated carbocycles. The zero-order chi connectivity index (χ0) is 12.8. The molecule has 3 unspecified atom stereocenters. The molecule has 0 aliphatic carbocycles. The first-order valence-corrected chi connectivity index (χ1v) is 7.53. The molecule has 0 aromatic heterocycles. The van der Waals surface area contributed by atoms with Crippen LogP contribution < -0.4 is 10.6 Å². The van der Waals surface area contributed by atoms with Crippen LogP contribution in [0.15, 0.2) is 4.99 Å². The fourth-order valence-corrected chi connectivity index (χ4v) is 2.84. The lowest BCUT2D eigenvalue weighted by atomic mass is 9.96. The molecule has 2 aliphatic rings. The highest BCUT2D eigenvalue weighted by atomic mass is 16.5. The Bertz CT molecular complexity index is 280. The van der Waals surface area contributed by atoms with E-state index in [1.54, 1.807) is 0 Å². The molecule has 2 bridgehead atoms. The fraction of sp³-hybridized carbons (Fsp3) is 0.929. The number of nitrogens with one attached hydrogen (secondary N) is 2. The van der Waals surface area contributed by atoms with E-state index >= 15 is 0 Å². The van der Waals surface area contributed by atoms with Gasteiger partial charge in [-0.15, -0.1) is 0 Å². The number of hydrogen-bond acceptors (Lipinski definition) is 2. The van der Waals surface area contributed by atoms with Crippen molar-refractivity contribution in [3.8, 4) is 0 Å². The second-order valence-electron chi connectivity index (χ2n) is 5.33. The molecule has 104 valence electrons. The van der Waals surface area contributed by atoms with Crippen LogP contribution in [0.1, 0.15) is 52.4 Å². The SMILES string of the molecule is CCCCCN=C(NCC)NC1CC2CCC1O2. The summed E-state index contributed by atoms with van der Waals surface area (Å²) in [4.78, 5) is 4.64. The Hall–Kier alpha value is -0.770. The number of aliphatic imine (C=N–C) groups is 1. The molecular weight excluding hydrogens is 226 g/mol. The van der Waals surface area contributed by atoms with Gasteiger partial charge < -0.3 is 15.4 Å². The number of nitrogens with zero attached hydrogens (tertiary/aromatic N) is 1. The van der Waals surface area contributed by atoms with Crippen LogP contribution in [-0.4, -0.2) is 37.3 Å². The lowest BCUT2D eigenvalue weighted by molar-refractivity contribution is 0.0992. The van der Waals surface area contributed by atoms with Gasteiger partial charge in [-0.05, 0) is 32.6 Å². The number of hydrogen-bond donors (Lipinski definition) is 2. The second-order valence-corrected chi connectivity index (χ2v) is 5.33. The van der Waals surface area contributed by atoms with Gasteiger partial charge in [0.1, 0.15) is 0 Å². The predicted molar refractivity (Wildman–Crippen MR) is 74.9 cm³/mol. The van der Waals surface area contributed by atoms with Gasteiger partial charge in [0, 0.05) is 13.1 Å². The van der Waals surface area contributed by atoms with Crippen LogP contribution in [0.5, 0.6) is 0 Å². The summed E-state index contributed by atoms with van der Waals surface area (Å²) >= 11 is 0. The van der Waals surface area contributed by atoms with E-state index in [0.29, 0.717) is 18.2 Å². The molecule has 2 aliphatic heterocycles. The summed E-state index contributed by atoms with van der Waals surface area (Å²) in [5.74, 6) is 0.967. The van der Waals surface area contributed by atoms with Crippen molar-refractivity contribution in [2.75, 3.05) is 13.1 Å². The molecule has 0 aromatic carbocycles. The smallest absolute Gasteiger partial charge is 0.191 e. The van der Waals surface area contributed by atoms with Crippen molar-refractivity contribution in [1.29, 1.82) is 0 Å². The number of ether oxygens (including phenoxy) is 1. The zero-order valence-corrected chi connectivity index (χ0v) is 11.7. The molecule has 0 spiro atoms. The van der Waals surface area contributed by atoms with E-state index in [9.17, 15) is 0 Å². The van der Waals surface area contributed by atoms with Crippen molar-refractivity contribution in [3.63, 3.8) is 0 Å². The second kappa shape index (κ2) is 6.98. The van der Waals surface area contributed by atoms with Crippen molar-refractivity contribution in [1.82, 2.24) is 10.6 Å². The van der Waals surface area contributed by atoms with Crippen LogP contribution >= 0.6 is 0 Å². The normalized spacial score (nSPS) is 30.8. The molecule has 2 saturated heterocycles. The summed E-state index contributed by atoms with van der Waals surface area (Å²) < 4.78 is 5.86. The van der Waals surface area contributed by atoms with Gasteiger partial charge in [0.2, 0.25) is 0 Å². The van der Waals surface area contributed by atoms with Gasteiger partial charge in [0.05, 0.1) is 18.2 Å². The van der Waals surface area contributed by atoms with E-state index < -0.39 is 0 Å². The molecule has 2 heterocycles. The lowest BCUT2D eigenvalue weighted by Crippen LogP contribution is -2.47. The maximum Gasteiger partial charge on any atom is 0.191 e. The Morgan fingerprint density at radius 3 is 2.78 bits per heavy atom. The molecule has 18 heavy (non-hydrogen) atoms. The van der Waals surface area contributed by atoms with Crippen LogP contribution in [0.4, 0.5) is 0 Å². The third-order valence-corrected chi connectivity index (χ3v) is 3.80. The quantitative estimate of drug-likeness (QED) is 0.433. The van der Waals surface area contributed by atoms with Crippen molar-refractivity contribution in [2.24, 2.45) is 4.99 Å². The van der Waals surface area contributed by atoms with Gasteiger partial charge in [-0.2, -0.15) is 0 Å². The Kier molecular flexibility index (Phi) is 5.29. The Morgan fingerprint density at radius 1 is 1.28 bits per heavy atom. The molecule has 4 heteroatoms. The first-order valence-electron chi connectivity index (χ1n) is 7.53. The van der Waals surface area contributed by atoms with Crippen LogP contribution in [-0.2, 0) is 4.74 Å². The summed E-state index contributed by atoms with van der Waals surface area (Å²) in [6.45, 7) is 6.17. The molecule has 4 nitrogen and oxygen atoms in total. The first-order chi connectivity index (χ1) is 8.83. The predicted octanol–water partition coefficient (Wildman–Crippen LogP) is 2.05. The summed E-state index contributed by atoms with van der Waals surface area (Å²) in [5, 5.41) is 6.87. The average Bonchev–Trinajstić information content (AvgIpc) is 2.97. The highest BCUT2D eigenvalue weighted by molar-refractivity contribution is 5.80. The van der Waals surface area contributed by atoms with E-state index in [1.165, 1.54) is 32.1 Å². The molecular formula is C14H27N3O. The van der Waals surface area contributed by atoms with E-state index in [4.69, 9.17) is 4.74 Å². The average molecular weight is 253 g/mol. The summed E-state index contributed by atoms with van der Waals surface area (Å²) in [6.07, 6.45) is 8.19. The number of guanidine groups is 1. The molecule has 2 rings (SSSR count). The van der Waals surface area contributed by atoms with Crippen LogP contribution in [0.3, 0.4) is 0 Å². The van der Waals surface area contributed by atoms with Crippen molar-refractivity contribution in [3.05, 3.63) is 0 Å². The molecule has 0 amide bonds. The van der Waals surface area contributed by atoms with Crippen molar-refractivity contribution < 1.29 is 4.74 Å². The van der Waals surface area contributed by atoms with Crippen LogP contribution in [0, 0.1) is 0 Å². The highest BCUT2D eigenvalue weighted by Crippen LogP contribution is 2.34. The minimum atomic E-state index is 0.412. The van der Waals surface area contributed by atoms with Gasteiger partial charge in [0.25, 0.3) is 0 Å². The lowest BCUT2D eigenvalue weighted by Gasteiger charge is -2.22. The largest absolute Gasteiger partial charge is 0.373 e. The third kappa shape index (κ3) is 3.61. The van der Waals surface area contributed by atoms with E-state index in [0.717, 1.165) is 25.5 Å². The first kappa shape index (κ1) is 13.7. The Labute approximate surface area is 111 Å². The van der Waals surface area contributed by atoms with E-state index in [1.807, 2.05) is 0 Å². The topological polar surface area (TPSA) is 45.7 Å². The van der Waals surface area contributed by atoms with Gasteiger partial charge in [-0.1, -0.05) is 19.8 Å². The summed E-state index contributed by atoms with van der Waals surface area (Å²) in [7, 11) is 0. The standard InChI is InChI=1S/C14H27N3O/c1-3-5-6-9-16-14(15-4-2)17-12-10-11-7-8-13(12)18-11/h11-13H,3-10H2,1-2H3,(H2,15,16,17). The Balaban J connectivity index is 1.78. The van der Waals surface area contributed by atoms with E-state index in [-0.39, 0.29) is 0 Å². The third-order valence-electron chi connectivity index (χ3n) is 3.80. The monoisotopic (exact) mass is 253 g/mol. The van der Waals surface area contributed by atoms with Gasteiger partial charge in [-0.25, -0.2) is 0 Å². The zero-order valence-electron chi connectivity index (χ0n) is 11.7. The van der Waals surface area contributed by atoms with Gasteiger partial charge in [-0.3, -0.25) is 4.99 Å². The van der Waals surface area contributed by atoms with Crippen LogP contribution in [0.2, 0.25) is 0 Å². The number of rotatable bonds is 6. The van der Waals surface area contributed by atoms with Crippen molar-refractivity contribution in [2.45, 2.75) is 70.6 Å². The van der Waals surface area contributed by atoms with Gasteiger partial charge in [0.15, 0.2) is 5.96 Å². The fourth-order valence-electron chi connectivity index (χ4n) is 2.84. The Morgan fingerprint density at radius 2 is 2.17 bits per heavy atom.